The summed E-state index contributed by atoms with van der Waals surface area (Å²) in [6, 6.07) is 10.5. The number of hydrogen-bond donors (Lipinski definition) is 2. The minimum Gasteiger partial charge on any atom is -0.497 e. The monoisotopic (exact) mass is 418 g/mol. The molecule has 2 aromatic rings. The molecule has 0 aliphatic carbocycles. The molecule has 2 aromatic carbocycles. The first-order valence-electron chi connectivity index (χ1n) is 9.35. The van der Waals surface area contributed by atoms with Gasteiger partial charge in [0.15, 0.2) is 16.6 Å². The van der Waals surface area contributed by atoms with Gasteiger partial charge in [0.1, 0.15) is 5.75 Å². The molecule has 0 radical (unpaired) electrons. The zero-order valence-corrected chi connectivity index (χ0v) is 17.9. The fourth-order valence-electron chi connectivity index (χ4n) is 2.56. The molecule has 29 heavy (non-hydrogen) atoms. The van der Waals surface area contributed by atoms with E-state index in [1.165, 1.54) is 0 Å². The van der Waals surface area contributed by atoms with Crippen LogP contribution in [0.3, 0.4) is 0 Å². The highest BCUT2D eigenvalue weighted by Crippen LogP contribution is 2.39. The molecule has 0 spiro atoms. The Kier molecular flexibility index (Phi) is 8.54. The summed E-state index contributed by atoms with van der Waals surface area (Å²) >= 11 is 5.26. The van der Waals surface area contributed by atoms with Gasteiger partial charge in [-0.25, -0.2) is 0 Å². The Morgan fingerprint density at radius 3 is 2.14 bits per heavy atom. The number of carbonyl (C=O) groups excluding carboxylic acids is 1. The van der Waals surface area contributed by atoms with Crippen molar-refractivity contribution in [3.05, 3.63) is 42.0 Å². The quantitative estimate of drug-likeness (QED) is 0.596. The molecule has 0 aliphatic rings. The van der Waals surface area contributed by atoms with Crippen molar-refractivity contribution in [2.24, 2.45) is 0 Å². The molecule has 0 saturated heterocycles. The Labute approximate surface area is 176 Å². The van der Waals surface area contributed by atoms with Gasteiger partial charge in [0.2, 0.25) is 5.75 Å². The molecule has 2 rings (SSSR count). The average Bonchev–Trinajstić information content (AvgIpc) is 2.70. The molecule has 0 aromatic heterocycles. The maximum Gasteiger partial charge on any atom is 0.257 e. The van der Waals surface area contributed by atoms with Crippen molar-refractivity contribution in [3.63, 3.8) is 0 Å². The summed E-state index contributed by atoms with van der Waals surface area (Å²) in [5.41, 5.74) is 1.04. The summed E-state index contributed by atoms with van der Waals surface area (Å²) in [5.74, 6) is 1.65. The molecule has 0 aliphatic heterocycles. The van der Waals surface area contributed by atoms with Crippen molar-refractivity contribution in [2.45, 2.75) is 20.8 Å². The van der Waals surface area contributed by atoms with Crippen LogP contribution < -0.4 is 29.6 Å². The third kappa shape index (κ3) is 6.25. The lowest BCUT2D eigenvalue weighted by Crippen LogP contribution is -2.34. The highest BCUT2D eigenvalue weighted by Gasteiger charge is 2.19. The maximum atomic E-state index is 12.7. The van der Waals surface area contributed by atoms with E-state index in [0.717, 1.165) is 0 Å². The van der Waals surface area contributed by atoms with E-state index >= 15 is 0 Å². The predicted octanol–water partition coefficient (Wildman–Crippen LogP) is 4.02. The molecule has 0 bridgehead atoms. The summed E-state index contributed by atoms with van der Waals surface area (Å²) < 4.78 is 22.1. The molecule has 2 N–H and O–H groups in total. The van der Waals surface area contributed by atoms with Gasteiger partial charge in [-0.2, -0.15) is 0 Å². The number of methoxy groups -OCH3 is 1. The van der Waals surface area contributed by atoms with Crippen LogP contribution in [0.1, 0.15) is 31.1 Å². The van der Waals surface area contributed by atoms with Gasteiger partial charge in [0.25, 0.3) is 5.91 Å². The van der Waals surface area contributed by atoms with Crippen LogP contribution in [0.5, 0.6) is 23.0 Å². The largest absolute Gasteiger partial charge is 0.497 e. The van der Waals surface area contributed by atoms with E-state index in [9.17, 15) is 4.79 Å². The Bertz CT molecular complexity index is 830. The molecule has 1 amide bonds. The number of amides is 1. The highest BCUT2D eigenvalue weighted by atomic mass is 32.1. The molecular weight excluding hydrogens is 392 g/mol. The van der Waals surface area contributed by atoms with Gasteiger partial charge >= 0.3 is 0 Å². The molecule has 7 nitrogen and oxygen atoms in total. The lowest BCUT2D eigenvalue weighted by Gasteiger charge is -2.17. The molecule has 0 atom stereocenters. The number of hydrogen-bond acceptors (Lipinski definition) is 6. The van der Waals surface area contributed by atoms with Gasteiger partial charge in [-0.1, -0.05) is 6.07 Å². The predicted molar refractivity (Wildman–Crippen MR) is 117 cm³/mol. The number of benzene rings is 2. The summed E-state index contributed by atoms with van der Waals surface area (Å²) in [6.45, 7) is 6.88. The third-order valence-electron chi connectivity index (χ3n) is 3.73. The normalized spacial score (nSPS) is 10.1. The topological polar surface area (TPSA) is 78.1 Å². The zero-order chi connectivity index (χ0) is 21.2. The summed E-state index contributed by atoms with van der Waals surface area (Å²) in [4.78, 5) is 12.7. The van der Waals surface area contributed by atoms with E-state index in [1.807, 2.05) is 39.0 Å². The van der Waals surface area contributed by atoms with Gasteiger partial charge in [0.05, 0.1) is 26.9 Å². The first-order valence-corrected chi connectivity index (χ1v) is 9.75. The van der Waals surface area contributed by atoms with Crippen molar-refractivity contribution < 1.29 is 23.7 Å². The summed E-state index contributed by atoms with van der Waals surface area (Å²) in [6.07, 6.45) is 0. The van der Waals surface area contributed by atoms with E-state index in [4.69, 9.17) is 31.2 Å². The van der Waals surface area contributed by atoms with Crippen LogP contribution in [-0.4, -0.2) is 38.0 Å². The second-order valence-corrected chi connectivity index (χ2v) is 6.15. The molecule has 0 saturated carbocycles. The second kappa shape index (κ2) is 11.1. The number of ether oxygens (including phenoxy) is 4. The molecule has 156 valence electrons. The molecule has 0 heterocycles. The molecule has 0 unspecified atom stereocenters. The van der Waals surface area contributed by atoms with Crippen LogP contribution in [0.2, 0.25) is 0 Å². The van der Waals surface area contributed by atoms with Crippen molar-refractivity contribution >= 4 is 28.9 Å². The second-order valence-electron chi connectivity index (χ2n) is 5.74. The summed E-state index contributed by atoms with van der Waals surface area (Å²) in [5, 5.41) is 5.78. The van der Waals surface area contributed by atoms with E-state index in [1.54, 1.807) is 25.3 Å². The smallest absolute Gasteiger partial charge is 0.257 e. The zero-order valence-electron chi connectivity index (χ0n) is 17.0. The molecular formula is C21H26N2O5S. The minimum absolute atomic E-state index is 0.160. The number of rotatable bonds is 9. The van der Waals surface area contributed by atoms with Gasteiger partial charge < -0.3 is 24.3 Å². The number of anilines is 1. The Morgan fingerprint density at radius 1 is 0.966 bits per heavy atom. The Morgan fingerprint density at radius 2 is 1.59 bits per heavy atom. The van der Waals surface area contributed by atoms with E-state index in [0.29, 0.717) is 54.1 Å². The Hall–Kier alpha value is -3.00. The first kappa shape index (κ1) is 22.3. The van der Waals surface area contributed by atoms with Crippen LogP contribution in [0.4, 0.5) is 5.69 Å². The van der Waals surface area contributed by atoms with Crippen LogP contribution >= 0.6 is 12.2 Å². The molecule has 8 heteroatoms. The number of nitrogens with one attached hydrogen (secondary N) is 2. The van der Waals surface area contributed by atoms with Crippen LogP contribution in [0.25, 0.3) is 0 Å². The van der Waals surface area contributed by atoms with Crippen molar-refractivity contribution in [3.8, 4) is 23.0 Å². The minimum atomic E-state index is -0.393. The van der Waals surface area contributed by atoms with Crippen LogP contribution in [-0.2, 0) is 0 Å². The first-order chi connectivity index (χ1) is 14.0. The fourth-order valence-corrected chi connectivity index (χ4v) is 2.77. The lowest BCUT2D eigenvalue weighted by molar-refractivity contribution is 0.0976. The summed E-state index contributed by atoms with van der Waals surface area (Å²) in [7, 11) is 1.58. The third-order valence-corrected chi connectivity index (χ3v) is 3.93. The van der Waals surface area contributed by atoms with E-state index < -0.39 is 5.91 Å². The SMILES string of the molecule is CCOc1cc(C(=O)NC(=S)Nc2cccc(OC)c2)cc(OCC)c1OCC. The van der Waals surface area contributed by atoms with Gasteiger partial charge in [-0.05, 0) is 57.3 Å². The van der Waals surface area contributed by atoms with Gasteiger partial charge in [-0.15, -0.1) is 0 Å². The van der Waals surface area contributed by atoms with Crippen LogP contribution in [0.15, 0.2) is 36.4 Å². The van der Waals surface area contributed by atoms with Crippen molar-refractivity contribution in [1.82, 2.24) is 5.32 Å². The lowest BCUT2D eigenvalue weighted by atomic mass is 10.1. The Balaban J connectivity index is 2.20. The average molecular weight is 419 g/mol. The highest BCUT2D eigenvalue weighted by molar-refractivity contribution is 7.80. The van der Waals surface area contributed by atoms with E-state index in [2.05, 4.69) is 10.6 Å². The number of carbonyl (C=O) groups is 1. The van der Waals surface area contributed by atoms with E-state index in [-0.39, 0.29) is 5.11 Å². The van der Waals surface area contributed by atoms with Crippen molar-refractivity contribution in [2.75, 3.05) is 32.2 Å². The van der Waals surface area contributed by atoms with Gasteiger partial charge in [0, 0.05) is 17.3 Å². The fraction of sp³-hybridized carbons (Fsp3) is 0.333. The standard InChI is InChI=1S/C21H26N2O5S/c1-5-26-17-11-14(12-18(27-6-2)19(17)28-7-3)20(24)23-21(29)22-15-9-8-10-16(13-15)25-4/h8-13H,5-7H2,1-4H3,(H2,22,23,24,29). The number of thiocarbonyl (C=S) groups is 1. The molecule has 0 fully saturated rings. The van der Waals surface area contributed by atoms with Crippen LogP contribution in [0, 0.1) is 0 Å². The maximum absolute atomic E-state index is 12.7. The van der Waals surface area contributed by atoms with Crippen molar-refractivity contribution in [1.29, 1.82) is 0 Å². The van der Waals surface area contributed by atoms with Gasteiger partial charge in [-0.3, -0.25) is 10.1 Å².